The Labute approximate surface area is 98.7 Å². The van der Waals surface area contributed by atoms with Crippen LogP contribution in [0.5, 0.6) is 0 Å². The van der Waals surface area contributed by atoms with E-state index in [2.05, 4.69) is 4.98 Å². The van der Waals surface area contributed by atoms with E-state index in [0.717, 1.165) is 0 Å². The van der Waals surface area contributed by atoms with Crippen LogP contribution < -0.4 is 5.46 Å². The third-order valence-corrected chi connectivity index (χ3v) is 2.56. The van der Waals surface area contributed by atoms with Crippen molar-refractivity contribution in [2.45, 2.75) is 6.92 Å². The van der Waals surface area contributed by atoms with Gasteiger partial charge in [-0.05, 0) is 36.8 Å². The molecule has 17 heavy (non-hydrogen) atoms. The van der Waals surface area contributed by atoms with Crippen molar-refractivity contribution in [2.75, 3.05) is 0 Å². The van der Waals surface area contributed by atoms with Gasteiger partial charge in [0.05, 0.1) is 5.69 Å². The Hall–Kier alpha value is -1.72. The van der Waals surface area contributed by atoms with Gasteiger partial charge in [-0.15, -0.1) is 0 Å². The fourth-order valence-corrected chi connectivity index (χ4v) is 1.74. The number of benzene rings is 1. The molecule has 2 aromatic rings. The van der Waals surface area contributed by atoms with Crippen molar-refractivity contribution in [2.24, 2.45) is 0 Å². The minimum absolute atomic E-state index is 0.308. The minimum atomic E-state index is -1.59. The first-order chi connectivity index (χ1) is 8.09. The van der Waals surface area contributed by atoms with Crippen molar-refractivity contribution in [3.05, 3.63) is 47.9 Å². The molecule has 1 heterocycles. The van der Waals surface area contributed by atoms with Gasteiger partial charge >= 0.3 is 7.12 Å². The van der Waals surface area contributed by atoms with E-state index in [4.69, 9.17) is 0 Å². The highest BCUT2D eigenvalue weighted by atomic mass is 19.1. The summed E-state index contributed by atoms with van der Waals surface area (Å²) in [6.07, 6.45) is 1.56. The van der Waals surface area contributed by atoms with Crippen molar-refractivity contribution >= 4 is 12.6 Å². The third-order valence-electron chi connectivity index (χ3n) is 2.56. The molecule has 1 aromatic carbocycles. The van der Waals surface area contributed by atoms with Crippen LogP contribution in [-0.4, -0.2) is 22.2 Å². The van der Waals surface area contributed by atoms with Gasteiger partial charge < -0.3 is 10.0 Å². The predicted molar refractivity (Wildman–Crippen MR) is 64.2 cm³/mol. The van der Waals surface area contributed by atoms with Crippen molar-refractivity contribution in [1.29, 1.82) is 0 Å². The van der Waals surface area contributed by atoms with Crippen molar-refractivity contribution in [1.82, 2.24) is 4.98 Å². The fraction of sp³-hybridized carbons (Fsp3) is 0.0833. The number of halogens is 1. The second-order valence-corrected chi connectivity index (χ2v) is 3.77. The van der Waals surface area contributed by atoms with E-state index in [9.17, 15) is 14.4 Å². The summed E-state index contributed by atoms with van der Waals surface area (Å²) in [6, 6.07) is 7.49. The van der Waals surface area contributed by atoms with Gasteiger partial charge in [0.1, 0.15) is 5.82 Å². The van der Waals surface area contributed by atoms with E-state index < -0.39 is 7.12 Å². The molecule has 0 amide bonds. The molecule has 2 rings (SSSR count). The second kappa shape index (κ2) is 4.65. The third kappa shape index (κ3) is 2.35. The molecule has 0 radical (unpaired) electrons. The molecule has 3 nitrogen and oxygen atoms in total. The number of rotatable bonds is 2. The standard InChI is InChI=1S/C12H11BFNO2/c1-8-7-9(14)4-5-10(8)12-11(13(16)17)3-2-6-15-12/h2-7,16-17H,1H3. The van der Waals surface area contributed by atoms with Gasteiger partial charge in [-0.25, -0.2) is 4.39 Å². The van der Waals surface area contributed by atoms with Crippen LogP contribution in [0.4, 0.5) is 4.39 Å². The second-order valence-electron chi connectivity index (χ2n) is 3.77. The molecule has 86 valence electrons. The van der Waals surface area contributed by atoms with Crippen molar-refractivity contribution in [3.63, 3.8) is 0 Å². The lowest BCUT2D eigenvalue weighted by Gasteiger charge is -2.10. The summed E-state index contributed by atoms with van der Waals surface area (Å²) >= 11 is 0. The summed E-state index contributed by atoms with van der Waals surface area (Å²) in [5.74, 6) is -0.326. The van der Waals surface area contributed by atoms with Crippen LogP contribution in [0.1, 0.15) is 5.56 Å². The first-order valence-electron chi connectivity index (χ1n) is 5.17. The lowest BCUT2D eigenvalue weighted by Crippen LogP contribution is -2.32. The number of aryl methyl sites for hydroxylation is 1. The fourth-order valence-electron chi connectivity index (χ4n) is 1.74. The summed E-state index contributed by atoms with van der Waals surface area (Å²) in [7, 11) is -1.59. The summed E-state index contributed by atoms with van der Waals surface area (Å²) in [4.78, 5) is 4.12. The zero-order valence-electron chi connectivity index (χ0n) is 9.26. The monoisotopic (exact) mass is 231 g/mol. The molecule has 0 aliphatic heterocycles. The van der Waals surface area contributed by atoms with E-state index >= 15 is 0 Å². The van der Waals surface area contributed by atoms with Crippen LogP contribution in [0, 0.1) is 12.7 Å². The topological polar surface area (TPSA) is 53.4 Å². The SMILES string of the molecule is Cc1cc(F)ccc1-c1ncccc1B(O)O. The molecule has 1 aromatic heterocycles. The zero-order chi connectivity index (χ0) is 12.4. The Bertz CT molecular complexity index is 546. The smallest absolute Gasteiger partial charge is 0.423 e. The van der Waals surface area contributed by atoms with Gasteiger partial charge in [0.15, 0.2) is 0 Å². The quantitative estimate of drug-likeness (QED) is 0.754. The maximum atomic E-state index is 13.0. The Morgan fingerprint density at radius 3 is 2.65 bits per heavy atom. The van der Waals surface area contributed by atoms with Crippen LogP contribution >= 0.6 is 0 Å². The maximum Gasteiger partial charge on any atom is 0.490 e. The highest BCUT2D eigenvalue weighted by Crippen LogP contribution is 2.20. The number of hydrogen-bond donors (Lipinski definition) is 2. The molecule has 0 unspecified atom stereocenters. The van der Waals surface area contributed by atoms with Crippen LogP contribution in [0.15, 0.2) is 36.5 Å². The van der Waals surface area contributed by atoms with Crippen molar-refractivity contribution < 1.29 is 14.4 Å². The maximum absolute atomic E-state index is 13.0. The van der Waals surface area contributed by atoms with Gasteiger partial charge in [-0.1, -0.05) is 6.07 Å². The van der Waals surface area contributed by atoms with E-state index in [1.807, 2.05) is 0 Å². The molecule has 0 saturated carbocycles. The number of aromatic nitrogens is 1. The molecule has 2 N–H and O–H groups in total. The summed E-state index contributed by atoms with van der Waals surface area (Å²) < 4.78 is 13.0. The van der Waals surface area contributed by atoms with Gasteiger partial charge in [-0.2, -0.15) is 0 Å². The Balaban J connectivity index is 2.60. The van der Waals surface area contributed by atoms with Gasteiger partial charge in [-0.3, -0.25) is 4.98 Å². The van der Waals surface area contributed by atoms with Gasteiger partial charge in [0, 0.05) is 17.2 Å². The molecule has 0 fully saturated rings. The molecule has 0 saturated heterocycles. The molecule has 0 bridgehead atoms. The Kier molecular flexibility index (Phi) is 3.22. The molecular weight excluding hydrogens is 220 g/mol. The molecular formula is C12H11BFNO2. The van der Waals surface area contributed by atoms with Crippen LogP contribution in [-0.2, 0) is 0 Å². The lowest BCUT2D eigenvalue weighted by molar-refractivity contribution is 0.426. The zero-order valence-corrected chi connectivity index (χ0v) is 9.26. The first kappa shape index (κ1) is 11.8. The molecule has 0 aliphatic carbocycles. The summed E-state index contributed by atoms with van der Waals surface area (Å²) in [5, 5.41) is 18.5. The molecule has 0 spiro atoms. The number of nitrogens with zero attached hydrogens (tertiary/aromatic N) is 1. The van der Waals surface area contributed by atoms with Gasteiger partial charge in [0.2, 0.25) is 0 Å². The van der Waals surface area contributed by atoms with E-state index in [1.165, 1.54) is 12.1 Å². The molecule has 0 atom stereocenters. The lowest BCUT2D eigenvalue weighted by atomic mass is 9.77. The van der Waals surface area contributed by atoms with E-state index in [-0.39, 0.29) is 5.82 Å². The number of hydrogen-bond acceptors (Lipinski definition) is 3. The van der Waals surface area contributed by atoms with Gasteiger partial charge in [0.25, 0.3) is 0 Å². The van der Waals surface area contributed by atoms with E-state index in [0.29, 0.717) is 22.3 Å². The van der Waals surface area contributed by atoms with Crippen LogP contribution in [0.25, 0.3) is 11.3 Å². The highest BCUT2D eigenvalue weighted by Gasteiger charge is 2.18. The van der Waals surface area contributed by atoms with Crippen LogP contribution in [0.3, 0.4) is 0 Å². The van der Waals surface area contributed by atoms with Crippen molar-refractivity contribution in [3.8, 4) is 11.3 Å². The predicted octanol–water partition coefficient (Wildman–Crippen LogP) is 0.876. The highest BCUT2D eigenvalue weighted by molar-refractivity contribution is 6.60. The van der Waals surface area contributed by atoms with Crippen LogP contribution in [0.2, 0.25) is 0 Å². The summed E-state index contributed by atoms with van der Waals surface area (Å²) in [5.41, 5.74) is 2.16. The molecule has 0 aliphatic rings. The average molecular weight is 231 g/mol. The Morgan fingerprint density at radius 2 is 2.00 bits per heavy atom. The first-order valence-corrected chi connectivity index (χ1v) is 5.17. The minimum Gasteiger partial charge on any atom is -0.423 e. The Morgan fingerprint density at radius 1 is 1.24 bits per heavy atom. The summed E-state index contributed by atoms with van der Waals surface area (Å²) in [6.45, 7) is 1.75. The normalized spacial score (nSPS) is 10.4. The largest absolute Gasteiger partial charge is 0.490 e. The average Bonchev–Trinajstić information content (AvgIpc) is 2.29. The molecule has 5 heteroatoms. The number of pyridine rings is 1. The van der Waals surface area contributed by atoms with E-state index in [1.54, 1.807) is 31.3 Å².